The van der Waals surface area contributed by atoms with E-state index in [0.717, 1.165) is 30.2 Å². The third kappa shape index (κ3) is 4.78. The highest BCUT2D eigenvalue weighted by atomic mass is 35.5. The molecule has 29 heavy (non-hydrogen) atoms. The molecule has 1 aliphatic rings. The summed E-state index contributed by atoms with van der Waals surface area (Å²) in [5.41, 5.74) is 2.68. The van der Waals surface area contributed by atoms with Crippen LogP contribution < -0.4 is 15.5 Å². The fraction of sp³-hybridized carbons (Fsp3) is 0.190. The van der Waals surface area contributed by atoms with Gasteiger partial charge in [0.05, 0.1) is 16.4 Å². The molecule has 0 bridgehead atoms. The molecular weight excluding hydrogens is 409 g/mol. The van der Waals surface area contributed by atoms with Gasteiger partial charge in [-0.1, -0.05) is 35.3 Å². The second-order valence-corrected chi connectivity index (χ2v) is 7.60. The number of carbonyl (C=O) groups is 1. The van der Waals surface area contributed by atoms with Gasteiger partial charge in [-0.2, -0.15) is 0 Å². The lowest BCUT2D eigenvalue weighted by Crippen LogP contribution is -2.19. The first-order valence-electron chi connectivity index (χ1n) is 9.31. The number of carbonyl (C=O) groups excluding carboxylic acids is 1. The second-order valence-electron chi connectivity index (χ2n) is 6.76. The van der Waals surface area contributed by atoms with Gasteiger partial charge in [0.1, 0.15) is 0 Å². The lowest BCUT2D eigenvalue weighted by atomic mass is 10.1. The van der Waals surface area contributed by atoms with E-state index in [1.807, 2.05) is 30.3 Å². The third-order valence-corrected chi connectivity index (χ3v) is 5.24. The van der Waals surface area contributed by atoms with Gasteiger partial charge < -0.3 is 15.5 Å². The van der Waals surface area contributed by atoms with Crippen LogP contribution in [0.1, 0.15) is 12.8 Å². The molecule has 0 spiro atoms. The lowest BCUT2D eigenvalue weighted by molar-refractivity contribution is 0.262. The number of rotatable bonds is 4. The lowest BCUT2D eigenvalue weighted by Gasteiger charge is -2.15. The number of benzene rings is 2. The molecule has 0 saturated carbocycles. The Morgan fingerprint density at radius 1 is 0.931 bits per heavy atom. The summed E-state index contributed by atoms with van der Waals surface area (Å²) in [5.74, 6) is 0.901. The largest absolute Gasteiger partial charge is 0.355 e. The van der Waals surface area contributed by atoms with Crippen molar-refractivity contribution in [1.29, 1.82) is 0 Å². The molecular formula is C21H19Cl2N5O. The van der Waals surface area contributed by atoms with Crippen molar-refractivity contribution in [2.75, 3.05) is 28.6 Å². The minimum atomic E-state index is -0.415. The van der Waals surface area contributed by atoms with E-state index in [-0.39, 0.29) is 0 Å². The summed E-state index contributed by atoms with van der Waals surface area (Å²) in [4.78, 5) is 14.6. The maximum Gasteiger partial charge on any atom is 0.323 e. The maximum atomic E-state index is 12.3. The molecule has 2 amide bonds. The summed E-state index contributed by atoms with van der Waals surface area (Å²) in [6.07, 6.45) is 2.39. The Labute approximate surface area is 178 Å². The topological polar surface area (TPSA) is 70.2 Å². The normalized spacial score (nSPS) is 13.4. The van der Waals surface area contributed by atoms with Crippen LogP contribution in [-0.4, -0.2) is 29.3 Å². The fourth-order valence-electron chi connectivity index (χ4n) is 3.23. The molecule has 0 atom stereocenters. The van der Waals surface area contributed by atoms with E-state index in [1.165, 1.54) is 12.8 Å². The van der Waals surface area contributed by atoms with E-state index in [4.69, 9.17) is 23.2 Å². The highest BCUT2D eigenvalue weighted by molar-refractivity contribution is 6.35. The maximum absolute atomic E-state index is 12.3. The van der Waals surface area contributed by atoms with Crippen LogP contribution in [0.4, 0.5) is 22.0 Å². The standard InChI is InChI=1S/C21H19Cl2N5O/c22-15-6-7-17(23)19(13-15)25-21(29)24-16-5-3-4-14(12-16)18-8-9-20(27-26-18)28-10-1-2-11-28/h3-9,12-13H,1-2,10-11H2,(H2,24,25,29). The van der Waals surface area contributed by atoms with Crippen molar-refractivity contribution >= 4 is 46.4 Å². The SMILES string of the molecule is O=C(Nc1cccc(-c2ccc(N3CCCC3)nn2)c1)Nc1cc(Cl)ccc1Cl. The van der Waals surface area contributed by atoms with Crippen LogP contribution in [-0.2, 0) is 0 Å². The third-order valence-electron chi connectivity index (χ3n) is 4.67. The number of nitrogens with one attached hydrogen (secondary N) is 2. The van der Waals surface area contributed by atoms with Gasteiger partial charge >= 0.3 is 6.03 Å². The molecule has 1 fully saturated rings. The van der Waals surface area contributed by atoms with E-state index in [1.54, 1.807) is 24.3 Å². The van der Waals surface area contributed by atoms with Gasteiger partial charge in [-0.15, -0.1) is 10.2 Å². The Morgan fingerprint density at radius 2 is 1.76 bits per heavy atom. The molecule has 0 aliphatic carbocycles. The molecule has 1 aromatic heterocycles. The summed E-state index contributed by atoms with van der Waals surface area (Å²) in [6.45, 7) is 2.05. The van der Waals surface area contributed by atoms with Gasteiger partial charge in [0, 0.05) is 29.4 Å². The Kier molecular flexibility index (Phi) is 5.83. The molecule has 4 rings (SSSR count). The number of hydrogen-bond donors (Lipinski definition) is 2. The predicted molar refractivity (Wildman–Crippen MR) is 118 cm³/mol. The van der Waals surface area contributed by atoms with Gasteiger partial charge in [0.25, 0.3) is 0 Å². The zero-order valence-electron chi connectivity index (χ0n) is 15.5. The summed E-state index contributed by atoms with van der Waals surface area (Å²) < 4.78 is 0. The van der Waals surface area contributed by atoms with Gasteiger partial charge in [-0.25, -0.2) is 4.79 Å². The molecule has 1 saturated heterocycles. The molecule has 2 aromatic carbocycles. The van der Waals surface area contributed by atoms with Gasteiger partial charge in [0.2, 0.25) is 0 Å². The predicted octanol–water partition coefficient (Wildman–Crippen LogP) is 5.69. The van der Waals surface area contributed by atoms with Gasteiger partial charge in [-0.05, 0) is 55.3 Å². The number of aromatic nitrogens is 2. The molecule has 8 heteroatoms. The Hall–Kier alpha value is -2.83. The summed E-state index contributed by atoms with van der Waals surface area (Å²) >= 11 is 12.0. The van der Waals surface area contributed by atoms with Crippen LogP contribution in [0, 0.1) is 0 Å². The zero-order valence-corrected chi connectivity index (χ0v) is 17.0. The van der Waals surface area contributed by atoms with Crippen LogP contribution in [0.5, 0.6) is 0 Å². The summed E-state index contributed by atoms with van der Waals surface area (Å²) in [5, 5.41) is 15.1. The minimum Gasteiger partial charge on any atom is -0.355 e. The Bertz CT molecular complexity index is 1020. The molecule has 1 aliphatic heterocycles. The molecule has 3 aromatic rings. The van der Waals surface area contributed by atoms with Crippen molar-refractivity contribution in [3.63, 3.8) is 0 Å². The Morgan fingerprint density at radius 3 is 2.52 bits per heavy atom. The van der Waals surface area contributed by atoms with E-state index < -0.39 is 6.03 Å². The van der Waals surface area contributed by atoms with Crippen molar-refractivity contribution in [3.8, 4) is 11.3 Å². The molecule has 0 unspecified atom stereocenters. The summed E-state index contributed by atoms with van der Waals surface area (Å²) in [7, 11) is 0. The van der Waals surface area contributed by atoms with Crippen LogP contribution in [0.2, 0.25) is 10.0 Å². The molecule has 2 N–H and O–H groups in total. The smallest absolute Gasteiger partial charge is 0.323 e. The van der Waals surface area contributed by atoms with E-state index >= 15 is 0 Å². The molecule has 6 nitrogen and oxygen atoms in total. The number of urea groups is 1. The van der Waals surface area contributed by atoms with Crippen LogP contribution >= 0.6 is 23.2 Å². The van der Waals surface area contributed by atoms with Crippen molar-refractivity contribution < 1.29 is 4.79 Å². The van der Waals surface area contributed by atoms with Crippen molar-refractivity contribution in [3.05, 3.63) is 64.6 Å². The van der Waals surface area contributed by atoms with Crippen LogP contribution in [0.3, 0.4) is 0 Å². The van der Waals surface area contributed by atoms with E-state index in [2.05, 4.69) is 25.7 Å². The fourth-order valence-corrected chi connectivity index (χ4v) is 3.57. The van der Waals surface area contributed by atoms with Crippen LogP contribution in [0.15, 0.2) is 54.6 Å². The first-order valence-corrected chi connectivity index (χ1v) is 10.1. The van der Waals surface area contributed by atoms with Crippen LogP contribution in [0.25, 0.3) is 11.3 Å². The highest BCUT2D eigenvalue weighted by Gasteiger charge is 2.14. The second kappa shape index (κ2) is 8.68. The van der Waals surface area contributed by atoms with Crippen molar-refractivity contribution in [2.45, 2.75) is 12.8 Å². The number of hydrogen-bond acceptors (Lipinski definition) is 4. The number of amides is 2. The first-order chi connectivity index (χ1) is 14.1. The van der Waals surface area contributed by atoms with Crippen molar-refractivity contribution in [2.24, 2.45) is 0 Å². The zero-order chi connectivity index (χ0) is 20.2. The Balaban J connectivity index is 1.45. The minimum absolute atomic E-state index is 0.409. The van der Waals surface area contributed by atoms with Gasteiger partial charge in [0.15, 0.2) is 5.82 Å². The summed E-state index contributed by atoms with van der Waals surface area (Å²) in [6, 6.07) is 15.8. The average Bonchev–Trinajstić information content (AvgIpc) is 3.26. The van der Waals surface area contributed by atoms with E-state index in [9.17, 15) is 4.79 Å². The first kappa shape index (κ1) is 19.5. The average molecular weight is 428 g/mol. The molecule has 2 heterocycles. The van der Waals surface area contributed by atoms with E-state index in [0.29, 0.717) is 21.4 Å². The number of nitrogens with zero attached hydrogens (tertiary/aromatic N) is 3. The monoisotopic (exact) mass is 427 g/mol. The number of anilines is 3. The van der Waals surface area contributed by atoms with Gasteiger partial charge in [-0.3, -0.25) is 0 Å². The highest BCUT2D eigenvalue weighted by Crippen LogP contribution is 2.26. The number of halogens is 2. The van der Waals surface area contributed by atoms with Crippen molar-refractivity contribution in [1.82, 2.24) is 10.2 Å². The molecule has 0 radical (unpaired) electrons. The molecule has 148 valence electrons. The quantitative estimate of drug-likeness (QED) is 0.560.